The van der Waals surface area contributed by atoms with Gasteiger partial charge in [-0.1, -0.05) is 0 Å². The van der Waals surface area contributed by atoms with Crippen molar-refractivity contribution in [2.24, 2.45) is 0 Å². The van der Waals surface area contributed by atoms with Crippen LogP contribution in [0.3, 0.4) is 0 Å². The van der Waals surface area contributed by atoms with Gasteiger partial charge in [-0.25, -0.2) is 9.59 Å². The fourth-order valence-electron chi connectivity index (χ4n) is 0.959. The van der Waals surface area contributed by atoms with Crippen molar-refractivity contribution < 1.29 is 49.1 Å². The second-order valence-corrected chi connectivity index (χ2v) is 3.27. The van der Waals surface area contributed by atoms with E-state index in [1.165, 1.54) is 0 Å². The van der Waals surface area contributed by atoms with E-state index < -0.39 is 48.3 Å². The molecule has 100 valence electrons. The van der Waals surface area contributed by atoms with Crippen molar-refractivity contribution in [1.29, 1.82) is 0 Å². The number of rotatable bonds is 4. The van der Waals surface area contributed by atoms with E-state index in [9.17, 15) is 29.4 Å². The van der Waals surface area contributed by atoms with E-state index in [1.807, 2.05) is 0 Å². The SMILES string of the molecule is O=C(O)[C@H]1O[C@H]1C(=O)[O-].O=C(O)[C@H]1O[C@H]1C(=O)[O-].[Ca+2]. The zero-order chi connectivity index (χ0) is 14.0. The van der Waals surface area contributed by atoms with Crippen LogP contribution < -0.4 is 10.2 Å². The molecule has 4 atom stereocenters. The normalized spacial score (nSPS) is 29.9. The zero-order valence-corrected chi connectivity index (χ0v) is 11.4. The molecule has 11 heteroatoms. The largest absolute Gasteiger partial charge is 2.00 e. The van der Waals surface area contributed by atoms with Gasteiger partial charge in [-0.05, 0) is 0 Å². The van der Waals surface area contributed by atoms with E-state index in [2.05, 4.69) is 9.47 Å². The van der Waals surface area contributed by atoms with Crippen molar-refractivity contribution in [1.82, 2.24) is 0 Å². The van der Waals surface area contributed by atoms with Crippen LogP contribution in [0, 0.1) is 0 Å². The fraction of sp³-hybridized carbons (Fsp3) is 0.500. The van der Waals surface area contributed by atoms with Crippen LogP contribution in [0.25, 0.3) is 0 Å². The van der Waals surface area contributed by atoms with E-state index in [1.54, 1.807) is 0 Å². The van der Waals surface area contributed by atoms with E-state index in [4.69, 9.17) is 10.2 Å². The predicted molar refractivity (Wildman–Crippen MR) is 48.4 cm³/mol. The van der Waals surface area contributed by atoms with E-state index in [0.717, 1.165) is 0 Å². The molecule has 0 bridgehead atoms. The Labute approximate surface area is 134 Å². The second-order valence-electron chi connectivity index (χ2n) is 3.27. The van der Waals surface area contributed by atoms with Crippen LogP contribution in [0.15, 0.2) is 0 Å². The van der Waals surface area contributed by atoms with E-state index >= 15 is 0 Å². The maximum atomic E-state index is 9.86. The molecule has 2 aliphatic rings. The zero-order valence-electron chi connectivity index (χ0n) is 9.18. The Morgan fingerprint density at radius 1 is 0.737 bits per heavy atom. The fourth-order valence-corrected chi connectivity index (χ4v) is 0.959. The first-order chi connectivity index (χ1) is 8.25. The van der Waals surface area contributed by atoms with Crippen LogP contribution in [0.4, 0.5) is 0 Å². The van der Waals surface area contributed by atoms with Crippen molar-refractivity contribution in [3.8, 4) is 0 Å². The van der Waals surface area contributed by atoms with Crippen LogP contribution in [0.2, 0.25) is 0 Å². The summed E-state index contributed by atoms with van der Waals surface area (Å²) in [5, 5.41) is 35.7. The number of ether oxygens (including phenoxy) is 2. The van der Waals surface area contributed by atoms with Crippen LogP contribution in [0.1, 0.15) is 0 Å². The minimum absolute atomic E-state index is 0. The van der Waals surface area contributed by atoms with Gasteiger partial charge >= 0.3 is 49.7 Å². The van der Waals surface area contributed by atoms with Gasteiger partial charge in [0.1, 0.15) is 12.2 Å². The molecule has 2 saturated heterocycles. The molecular formula is C8H6CaO10. The topological polar surface area (TPSA) is 180 Å². The summed E-state index contributed by atoms with van der Waals surface area (Å²) in [5.41, 5.74) is 0. The summed E-state index contributed by atoms with van der Waals surface area (Å²) in [7, 11) is 0. The summed E-state index contributed by atoms with van der Waals surface area (Å²) in [6.45, 7) is 0. The molecule has 2 heterocycles. The number of aliphatic carboxylic acids is 4. The Bertz CT molecular complexity index is 332. The molecule has 0 aromatic rings. The van der Waals surface area contributed by atoms with Gasteiger partial charge in [-0.3, -0.25) is 0 Å². The van der Waals surface area contributed by atoms with Gasteiger partial charge in [0.05, 0.1) is 11.9 Å². The van der Waals surface area contributed by atoms with Gasteiger partial charge in [0.15, 0.2) is 12.2 Å². The number of carbonyl (C=O) groups excluding carboxylic acids is 2. The Hall–Kier alpha value is -0.940. The molecule has 2 rings (SSSR count). The molecule has 0 spiro atoms. The third-order valence-electron chi connectivity index (χ3n) is 1.93. The number of hydrogen-bond donors (Lipinski definition) is 2. The Morgan fingerprint density at radius 2 is 1.00 bits per heavy atom. The molecule has 0 unspecified atom stereocenters. The first kappa shape index (κ1) is 18.1. The minimum Gasteiger partial charge on any atom is -0.547 e. The third kappa shape index (κ3) is 5.28. The van der Waals surface area contributed by atoms with Gasteiger partial charge in [-0.2, -0.15) is 0 Å². The quantitative estimate of drug-likeness (QED) is 0.376. The van der Waals surface area contributed by atoms with Crippen molar-refractivity contribution in [2.45, 2.75) is 24.4 Å². The number of hydrogen-bond acceptors (Lipinski definition) is 8. The van der Waals surface area contributed by atoms with Crippen molar-refractivity contribution in [3.63, 3.8) is 0 Å². The maximum Gasteiger partial charge on any atom is 2.00 e. The number of epoxide rings is 2. The Balaban J connectivity index is 0.000000324. The number of carbonyl (C=O) groups is 4. The molecule has 0 amide bonds. The molecule has 0 aliphatic carbocycles. The summed E-state index contributed by atoms with van der Waals surface area (Å²) in [6.07, 6.45) is -4.84. The molecule has 10 nitrogen and oxygen atoms in total. The molecule has 0 aromatic carbocycles. The molecule has 2 aliphatic heterocycles. The van der Waals surface area contributed by atoms with E-state index in [-0.39, 0.29) is 37.7 Å². The summed E-state index contributed by atoms with van der Waals surface area (Å²) in [4.78, 5) is 39.3. The first-order valence-corrected chi connectivity index (χ1v) is 4.44. The van der Waals surface area contributed by atoms with Crippen LogP contribution in [0.5, 0.6) is 0 Å². The standard InChI is InChI=1S/2C4H4O5.Ca/c2*5-3(6)1-2(9-1)4(7)8;/h2*1-2H,(H,5,6)(H,7,8);/q;;+2/p-2/t2*1-,2+;. The maximum absolute atomic E-state index is 9.86. The average Bonchev–Trinajstić information content (AvgIpc) is 3.12. The Morgan fingerprint density at radius 3 is 1.05 bits per heavy atom. The van der Waals surface area contributed by atoms with Crippen LogP contribution >= 0.6 is 0 Å². The van der Waals surface area contributed by atoms with Crippen molar-refractivity contribution >= 4 is 61.6 Å². The molecule has 2 fully saturated rings. The van der Waals surface area contributed by atoms with Gasteiger partial charge in [0.2, 0.25) is 0 Å². The third-order valence-corrected chi connectivity index (χ3v) is 1.93. The average molecular weight is 302 g/mol. The van der Waals surface area contributed by atoms with Crippen LogP contribution in [-0.4, -0.2) is 96.2 Å². The van der Waals surface area contributed by atoms with Gasteiger partial charge in [-0.15, -0.1) is 0 Å². The van der Waals surface area contributed by atoms with Gasteiger partial charge in [0.25, 0.3) is 0 Å². The smallest absolute Gasteiger partial charge is 0.547 e. The molecular weight excluding hydrogens is 296 g/mol. The van der Waals surface area contributed by atoms with Crippen molar-refractivity contribution in [2.75, 3.05) is 0 Å². The molecule has 0 aromatic heterocycles. The first-order valence-electron chi connectivity index (χ1n) is 4.44. The summed E-state index contributed by atoms with van der Waals surface area (Å²) in [5.74, 6) is -5.46. The summed E-state index contributed by atoms with van der Waals surface area (Å²) < 4.78 is 8.36. The predicted octanol–water partition coefficient (Wildman–Crippen LogP) is -5.20. The summed E-state index contributed by atoms with van der Waals surface area (Å²) >= 11 is 0. The molecule has 0 radical (unpaired) electrons. The Kier molecular flexibility index (Phi) is 6.66. The summed E-state index contributed by atoms with van der Waals surface area (Å²) in [6, 6.07) is 0. The number of carboxylic acid groups (broad SMARTS) is 4. The molecule has 2 N–H and O–H groups in total. The monoisotopic (exact) mass is 302 g/mol. The number of carboxylic acids is 4. The van der Waals surface area contributed by atoms with Gasteiger partial charge in [0, 0.05) is 0 Å². The molecule has 19 heavy (non-hydrogen) atoms. The molecule has 0 saturated carbocycles. The second kappa shape index (κ2) is 7.01. The van der Waals surface area contributed by atoms with Crippen molar-refractivity contribution in [3.05, 3.63) is 0 Å². The minimum atomic E-state index is -1.47. The van der Waals surface area contributed by atoms with Crippen LogP contribution in [-0.2, 0) is 28.7 Å². The van der Waals surface area contributed by atoms with Gasteiger partial charge < -0.3 is 39.5 Å². The van der Waals surface area contributed by atoms with E-state index in [0.29, 0.717) is 0 Å².